The van der Waals surface area contributed by atoms with Gasteiger partial charge in [0.2, 0.25) is 10.0 Å². The van der Waals surface area contributed by atoms with Crippen molar-refractivity contribution in [2.45, 2.75) is 49.3 Å². The Labute approximate surface area is 203 Å². The van der Waals surface area contributed by atoms with Gasteiger partial charge in [-0.3, -0.25) is 0 Å². The summed E-state index contributed by atoms with van der Waals surface area (Å²) in [6.45, 7) is 4.88. The number of hydrogen-bond donors (Lipinski definition) is 2. The van der Waals surface area contributed by atoms with Crippen LogP contribution in [0, 0.1) is 19.7 Å². The first-order valence-electron chi connectivity index (χ1n) is 11.1. The maximum absolute atomic E-state index is 13.8. The Kier molecular flexibility index (Phi) is 7.73. The standard InChI is InChI=1S/C24H28FN3O2S3/c1-16-6-7-17(2)22(14-16)33(29,30)27-12-5-3-4-11-26-24-28-23-19-15-18(25)8-9-20(19)31-13-10-21(23)32-24/h6-9,14-15,27H,3-5,10-13H2,1-2H3,(H,26,28). The Morgan fingerprint density at radius 1 is 1.06 bits per heavy atom. The molecular formula is C24H28FN3O2S3. The number of halogens is 1. The number of anilines is 1. The third kappa shape index (κ3) is 5.95. The molecule has 2 heterocycles. The highest BCUT2D eigenvalue weighted by Gasteiger charge is 2.20. The average molecular weight is 506 g/mol. The minimum atomic E-state index is -3.48. The van der Waals surface area contributed by atoms with E-state index in [2.05, 4.69) is 10.0 Å². The van der Waals surface area contributed by atoms with Gasteiger partial charge in [0.15, 0.2) is 5.13 Å². The Morgan fingerprint density at radius 2 is 1.88 bits per heavy atom. The summed E-state index contributed by atoms with van der Waals surface area (Å²) in [7, 11) is -3.48. The second kappa shape index (κ2) is 10.5. The molecule has 5 nitrogen and oxygen atoms in total. The second-order valence-electron chi connectivity index (χ2n) is 8.18. The molecule has 4 rings (SSSR count). The van der Waals surface area contributed by atoms with Crippen molar-refractivity contribution in [3.05, 3.63) is 58.2 Å². The van der Waals surface area contributed by atoms with Crippen LogP contribution in [-0.2, 0) is 16.4 Å². The molecular weight excluding hydrogens is 477 g/mol. The van der Waals surface area contributed by atoms with Crippen molar-refractivity contribution in [3.8, 4) is 11.3 Å². The minimum absolute atomic E-state index is 0.238. The zero-order valence-corrected chi connectivity index (χ0v) is 21.2. The normalized spacial score (nSPS) is 13.3. The number of aryl methyl sites for hydroxylation is 3. The number of thiazole rings is 1. The highest BCUT2D eigenvalue weighted by molar-refractivity contribution is 7.99. The van der Waals surface area contributed by atoms with E-state index in [0.717, 1.165) is 70.4 Å². The summed E-state index contributed by atoms with van der Waals surface area (Å²) in [5.41, 5.74) is 3.46. The quantitative estimate of drug-likeness (QED) is 0.361. The van der Waals surface area contributed by atoms with Crippen LogP contribution in [0.3, 0.4) is 0 Å². The third-order valence-electron chi connectivity index (χ3n) is 5.54. The zero-order chi connectivity index (χ0) is 23.4. The Hall–Kier alpha value is -1.94. The van der Waals surface area contributed by atoms with Gasteiger partial charge in [-0.1, -0.05) is 18.6 Å². The lowest BCUT2D eigenvalue weighted by Crippen LogP contribution is -2.25. The van der Waals surface area contributed by atoms with Crippen LogP contribution in [0.5, 0.6) is 0 Å². The maximum atomic E-state index is 13.8. The smallest absolute Gasteiger partial charge is 0.240 e. The topological polar surface area (TPSA) is 71.1 Å². The predicted molar refractivity (Wildman–Crippen MR) is 135 cm³/mol. The molecule has 0 saturated carbocycles. The Bertz CT molecular complexity index is 1240. The SMILES string of the molecule is Cc1ccc(C)c(S(=O)(=O)NCCCCCNc2nc3c(s2)CCSc2ccc(F)cc2-3)c1. The number of rotatable bonds is 9. The molecule has 2 aromatic carbocycles. The molecule has 1 aromatic heterocycles. The number of fused-ring (bicyclic) bond motifs is 3. The Morgan fingerprint density at radius 3 is 2.73 bits per heavy atom. The molecule has 0 unspecified atom stereocenters. The number of nitrogens with one attached hydrogen (secondary N) is 2. The number of hydrogen-bond acceptors (Lipinski definition) is 6. The number of benzene rings is 2. The molecule has 0 atom stereocenters. The zero-order valence-electron chi connectivity index (χ0n) is 18.8. The first kappa shape index (κ1) is 24.2. The summed E-state index contributed by atoms with van der Waals surface area (Å²) in [6, 6.07) is 10.4. The van der Waals surface area contributed by atoms with E-state index < -0.39 is 10.0 Å². The van der Waals surface area contributed by atoms with Gasteiger partial charge in [0.05, 0.1) is 10.6 Å². The van der Waals surface area contributed by atoms with Gasteiger partial charge in [0.1, 0.15) is 5.82 Å². The summed E-state index contributed by atoms with van der Waals surface area (Å²) in [4.78, 5) is 7.37. The summed E-state index contributed by atoms with van der Waals surface area (Å²) in [6.07, 6.45) is 3.51. The minimum Gasteiger partial charge on any atom is -0.361 e. The van der Waals surface area contributed by atoms with Crippen molar-refractivity contribution in [3.63, 3.8) is 0 Å². The number of thioether (sulfide) groups is 1. The highest BCUT2D eigenvalue weighted by Crippen LogP contribution is 2.41. The number of nitrogens with zero attached hydrogens (tertiary/aromatic N) is 1. The van der Waals surface area contributed by atoms with Crippen LogP contribution in [0.2, 0.25) is 0 Å². The molecule has 1 aliphatic rings. The van der Waals surface area contributed by atoms with E-state index in [1.807, 2.05) is 32.0 Å². The molecule has 3 aromatic rings. The summed E-state index contributed by atoms with van der Waals surface area (Å²) < 4.78 is 41.6. The van der Waals surface area contributed by atoms with Crippen molar-refractivity contribution < 1.29 is 12.8 Å². The third-order valence-corrected chi connectivity index (χ3v) is 9.29. The molecule has 1 aliphatic heterocycles. The van der Waals surface area contributed by atoms with Crippen LogP contribution in [-0.4, -0.2) is 32.2 Å². The first-order valence-corrected chi connectivity index (χ1v) is 14.4. The van der Waals surface area contributed by atoms with Gasteiger partial charge in [0.25, 0.3) is 0 Å². The largest absolute Gasteiger partial charge is 0.361 e. The molecule has 0 radical (unpaired) electrons. The number of aromatic nitrogens is 1. The fourth-order valence-electron chi connectivity index (χ4n) is 3.78. The summed E-state index contributed by atoms with van der Waals surface area (Å²) >= 11 is 3.39. The van der Waals surface area contributed by atoms with E-state index in [4.69, 9.17) is 4.98 Å². The predicted octanol–water partition coefficient (Wildman–Crippen LogP) is 5.77. The van der Waals surface area contributed by atoms with Gasteiger partial charge >= 0.3 is 0 Å². The van der Waals surface area contributed by atoms with Crippen LogP contribution in [0.15, 0.2) is 46.2 Å². The van der Waals surface area contributed by atoms with Crippen molar-refractivity contribution in [2.24, 2.45) is 0 Å². The second-order valence-corrected chi connectivity index (χ2v) is 12.1. The van der Waals surface area contributed by atoms with Crippen molar-refractivity contribution in [2.75, 3.05) is 24.2 Å². The van der Waals surface area contributed by atoms with Gasteiger partial charge in [0, 0.05) is 34.2 Å². The van der Waals surface area contributed by atoms with Crippen LogP contribution in [0.25, 0.3) is 11.3 Å². The molecule has 2 N–H and O–H groups in total. The summed E-state index contributed by atoms with van der Waals surface area (Å²) in [5, 5.41) is 4.24. The average Bonchev–Trinajstić information content (AvgIpc) is 3.10. The molecule has 0 saturated heterocycles. The number of sulfonamides is 1. The van der Waals surface area contributed by atoms with E-state index >= 15 is 0 Å². The lowest BCUT2D eigenvalue weighted by Gasteiger charge is -2.10. The van der Waals surface area contributed by atoms with Crippen molar-refractivity contribution in [1.29, 1.82) is 0 Å². The number of unbranched alkanes of at least 4 members (excludes halogenated alkanes) is 2. The van der Waals surface area contributed by atoms with Gasteiger partial charge in [-0.15, -0.1) is 23.1 Å². The fourth-order valence-corrected chi connectivity index (χ4v) is 7.31. The van der Waals surface area contributed by atoms with Crippen LogP contribution in [0.1, 0.15) is 35.3 Å². The van der Waals surface area contributed by atoms with E-state index in [1.54, 1.807) is 35.2 Å². The molecule has 0 aliphatic carbocycles. The van der Waals surface area contributed by atoms with Gasteiger partial charge in [-0.2, -0.15) is 0 Å². The van der Waals surface area contributed by atoms with Crippen molar-refractivity contribution in [1.82, 2.24) is 9.71 Å². The van der Waals surface area contributed by atoms with E-state index in [1.165, 1.54) is 10.9 Å². The molecule has 0 fully saturated rings. The van der Waals surface area contributed by atoms with E-state index in [9.17, 15) is 12.8 Å². The van der Waals surface area contributed by atoms with Crippen molar-refractivity contribution >= 4 is 38.3 Å². The van der Waals surface area contributed by atoms with Crippen LogP contribution >= 0.6 is 23.1 Å². The first-order chi connectivity index (χ1) is 15.8. The van der Waals surface area contributed by atoms with E-state index in [-0.39, 0.29) is 5.82 Å². The van der Waals surface area contributed by atoms with Gasteiger partial charge in [-0.05, 0) is 68.5 Å². The van der Waals surface area contributed by atoms with Crippen LogP contribution < -0.4 is 10.0 Å². The Balaban J connectivity index is 1.24. The van der Waals surface area contributed by atoms with Crippen LogP contribution in [0.4, 0.5) is 9.52 Å². The van der Waals surface area contributed by atoms with E-state index in [0.29, 0.717) is 11.4 Å². The van der Waals surface area contributed by atoms with Gasteiger partial charge in [-0.25, -0.2) is 22.5 Å². The summed E-state index contributed by atoms with van der Waals surface area (Å²) in [5.74, 6) is 0.725. The molecule has 33 heavy (non-hydrogen) atoms. The molecule has 0 spiro atoms. The lowest BCUT2D eigenvalue weighted by atomic mass is 10.1. The fraction of sp³-hybridized carbons (Fsp3) is 0.375. The monoisotopic (exact) mass is 505 g/mol. The highest BCUT2D eigenvalue weighted by atomic mass is 32.2. The maximum Gasteiger partial charge on any atom is 0.240 e. The van der Waals surface area contributed by atoms with Gasteiger partial charge < -0.3 is 5.32 Å². The lowest BCUT2D eigenvalue weighted by molar-refractivity contribution is 0.574. The molecule has 0 amide bonds. The molecule has 176 valence electrons. The molecule has 9 heteroatoms. The molecule has 0 bridgehead atoms.